The predicted molar refractivity (Wildman–Crippen MR) is 137 cm³/mol. The van der Waals surface area contributed by atoms with Gasteiger partial charge in [0.25, 0.3) is 0 Å². The Hall–Kier alpha value is -2.72. The normalized spacial score (nSPS) is 12.2. The summed E-state index contributed by atoms with van der Waals surface area (Å²) in [5.74, 6) is -2.86. The summed E-state index contributed by atoms with van der Waals surface area (Å²) in [5, 5.41) is 3.38. The Morgan fingerprint density at radius 3 is 2.28 bits per heavy atom. The van der Waals surface area contributed by atoms with E-state index in [-0.39, 0.29) is 43.4 Å². The van der Waals surface area contributed by atoms with Crippen molar-refractivity contribution in [1.82, 2.24) is 10.2 Å². The Morgan fingerprint density at radius 2 is 1.72 bits per heavy atom. The first-order chi connectivity index (χ1) is 17.0. The third-order valence-electron chi connectivity index (χ3n) is 5.54. The van der Waals surface area contributed by atoms with Gasteiger partial charge >= 0.3 is 0 Å². The van der Waals surface area contributed by atoms with Crippen LogP contribution in [0.4, 0.5) is 14.5 Å². The van der Waals surface area contributed by atoms with Crippen LogP contribution < -0.4 is 9.62 Å². The molecule has 0 fully saturated rings. The summed E-state index contributed by atoms with van der Waals surface area (Å²) < 4.78 is 52.6. The summed E-state index contributed by atoms with van der Waals surface area (Å²) in [6.07, 6.45) is 2.14. The average Bonchev–Trinajstić information content (AvgIpc) is 2.82. The highest BCUT2D eigenvalue weighted by molar-refractivity contribution is 7.92. The Labute approximate surface area is 216 Å². The van der Waals surface area contributed by atoms with E-state index in [2.05, 4.69) is 5.32 Å². The number of rotatable bonds is 13. The molecule has 0 saturated carbocycles. The van der Waals surface area contributed by atoms with Gasteiger partial charge in [0.1, 0.15) is 6.04 Å². The highest BCUT2D eigenvalue weighted by Gasteiger charge is 2.28. The molecule has 2 aromatic rings. The molecule has 198 valence electrons. The molecule has 0 aliphatic heterocycles. The van der Waals surface area contributed by atoms with Gasteiger partial charge in [-0.2, -0.15) is 0 Å². The van der Waals surface area contributed by atoms with Crippen molar-refractivity contribution < 1.29 is 26.8 Å². The monoisotopic (exact) mass is 543 g/mol. The Morgan fingerprint density at radius 1 is 1.06 bits per heavy atom. The van der Waals surface area contributed by atoms with Crippen LogP contribution >= 0.6 is 11.6 Å². The number of hydrogen-bond donors (Lipinski definition) is 1. The Bertz CT molecular complexity index is 1150. The largest absolute Gasteiger partial charge is 0.354 e. The average molecular weight is 544 g/mol. The molecule has 0 bridgehead atoms. The molecule has 1 atom stereocenters. The number of carbonyl (C=O) groups excluding carboxylic acids is 2. The van der Waals surface area contributed by atoms with Gasteiger partial charge in [0, 0.05) is 37.1 Å². The lowest BCUT2D eigenvalue weighted by molar-refractivity contribution is -0.141. The number of halogens is 3. The van der Waals surface area contributed by atoms with Gasteiger partial charge in [-0.1, -0.05) is 37.6 Å². The van der Waals surface area contributed by atoms with Crippen molar-refractivity contribution in [3.63, 3.8) is 0 Å². The fourth-order valence-electron chi connectivity index (χ4n) is 3.72. The minimum absolute atomic E-state index is 0.0350. The Balaban J connectivity index is 2.21. The number of sulfonamides is 1. The molecule has 0 radical (unpaired) electrons. The van der Waals surface area contributed by atoms with E-state index < -0.39 is 27.7 Å². The van der Waals surface area contributed by atoms with Gasteiger partial charge in [-0.15, -0.1) is 0 Å². The molecule has 2 rings (SSSR count). The van der Waals surface area contributed by atoms with Crippen LogP contribution in [0.25, 0.3) is 0 Å². The van der Waals surface area contributed by atoms with E-state index in [9.17, 15) is 26.8 Å². The lowest BCUT2D eigenvalue weighted by Gasteiger charge is -2.31. The summed E-state index contributed by atoms with van der Waals surface area (Å²) >= 11 is 5.97. The highest BCUT2D eigenvalue weighted by Crippen LogP contribution is 2.22. The van der Waals surface area contributed by atoms with Crippen molar-refractivity contribution in [1.29, 1.82) is 0 Å². The fraction of sp³-hybridized carbons (Fsp3) is 0.440. The topological polar surface area (TPSA) is 86.8 Å². The summed E-state index contributed by atoms with van der Waals surface area (Å²) in [5.41, 5.74) is 0.751. The first kappa shape index (κ1) is 29.5. The van der Waals surface area contributed by atoms with E-state index in [0.717, 1.165) is 34.7 Å². The van der Waals surface area contributed by atoms with Crippen LogP contribution in [-0.2, 0) is 26.2 Å². The molecular formula is C25H32ClF2N3O4S. The maximum absolute atomic E-state index is 13.7. The van der Waals surface area contributed by atoms with Gasteiger partial charge in [-0.25, -0.2) is 17.2 Å². The van der Waals surface area contributed by atoms with Crippen LogP contribution in [-0.4, -0.2) is 50.5 Å². The minimum Gasteiger partial charge on any atom is -0.354 e. The van der Waals surface area contributed by atoms with E-state index in [0.29, 0.717) is 18.0 Å². The van der Waals surface area contributed by atoms with Crippen LogP contribution in [0.1, 0.15) is 45.1 Å². The summed E-state index contributed by atoms with van der Waals surface area (Å²) in [7, 11) is -3.82. The molecular weight excluding hydrogens is 512 g/mol. The number of amides is 2. The number of benzene rings is 2. The van der Waals surface area contributed by atoms with Crippen molar-refractivity contribution in [3.8, 4) is 0 Å². The van der Waals surface area contributed by atoms with Crippen LogP contribution in [0, 0.1) is 11.6 Å². The van der Waals surface area contributed by atoms with Crippen molar-refractivity contribution in [2.75, 3.05) is 23.7 Å². The van der Waals surface area contributed by atoms with Crippen LogP contribution in [0.3, 0.4) is 0 Å². The van der Waals surface area contributed by atoms with Crippen LogP contribution in [0.5, 0.6) is 0 Å². The second-order valence-electron chi connectivity index (χ2n) is 8.40. The predicted octanol–water partition coefficient (Wildman–Crippen LogP) is 4.50. The lowest BCUT2D eigenvalue weighted by atomic mass is 10.1. The lowest BCUT2D eigenvalue weighted by Crippen LogP contribution is -2.49. The third-order valence-corrected chi connectivity index (χ3v) is 6.99. The molecule has 0 aromatic heterocycles. The summed E-state index contributed by atoms with van der Waals surface area (Å²) in [6.45, 7) is 4.28. The number of hydrogen-bond acceptors (Lipinski definition) is 4. The van der Waals surface area contributed by atoms with Crippen LogP contribution in [0.15, 0.2) is 42.5 Å². The van der Waals surface area contributed by atoms with Gasteiger partial charge < -0.3 is 10.2 Å². The molecule has 0 heterocycles. The molecule has 0 aliphatic carbocycles. The molecule has 1 N–H and O–H groups in total. The number of anilines is 1. The molecule has 2 aromatic carbocycles. The molecule has 0 spiro atoms. The van der Waals surface area contributed by atoms with Gasteiger partial charge in [0.15, 0.2) is 11.6 Å². The van der Waals surface area contributed by atoms with E-state index >= 15 is 0 Å². The molecule has 11 heteroatoms. The van der Waals surface area contributed by atoms with Gasteiger partial charge in [-0.3, -0.25) is 13.9 Å². The van der Waals surface area contributed by atoms with E-state index in [1.807, 2.05) is 13.8 Å². The Kier molecular flexibility index (Phi) is 11.1. The SMILES string of the molecule is CCCNC(=O)[C@@H](CC)N(Cc1ccc(Cl)cc1)C(=O)CCCN(c1ccc(F)c(F)c1)S(C)(=O)=O. The fourth-order valence-corrected chi connectivity index (χ4v) is 4.80. The molecule has 0 saturated heterocycles. The van der Waals surface area contributed by atoms with E-state index in [4.69, 9.17) is 11.6 Å². The van der Waals surface area contributed by atoms with Gasteiger partial charge in [-0.05, 0) is 49.1 Å². The van der Waals surface area contributed by atoms with Crippen LogP contribution in [0.2, 0.25) is 5.02 Å². The highest BCUT2D eigenvalue weighted by atomic mass is 35.5. The van der Waals surface area contributed by atoms with Crippen molar-refractivity contribution in [3.05, 3.63) is 64.7 Å². The number of nitrogens with one attached hydrogen (secondary N) is 1. The number of nitrogens with zero attached hydrogens (tertiary/aromatic N) is 2. The maximum atomic E-state index is 13.7. The first-order valence-electron chi connectivity index (χ1n) is 11.7. The first-order valence-corrected chi connectivity index (χ1v) is 13.9. The van der Waals surface area contributed by atoms with Crippen molar-refractivity contribution in [2.45, 2.75) is 52.1 Å². The zero-order chi connectivity index (χ0) is 26.9. The van der Waals surface area contributed by atoms with Crippen molar-refractivity contribution >= 4 is 39.1 Å². The molecule has 0 aliphatic rings. The maximum Gasteiger partial charge on any atom is 0.242 e. The number of carbonyl (C=O) groups is 2. The second kappa shape index (κ2) is 13.5. The smallest absolute Gasteiger partial charge is 0.242 e. The molecule has 2 amide bonds. The summed E-state index contributed by atoms with van der Waals surface area (Å²) in [6, 6.07) is 9.05. The van der Waals surface area contributed by atoms with Gasteiger partial charge in [0.05, 0.1) is 11.9 Å². The third kappa shape index (κ3) is 8.44. The minimum atomic E-state index is -3.82. The summed E-state index contributed by atoms with van der Waals surface area (Å²) in [4.78, 5) is 27.6. The van der Waals surface area contributed by atoms with E-state index in [1.54, 1.807) is 24.3 Å². The quantitative estimate of drug-likeness (QED) is 0.403. The second-order valence-corrected chi connectivity index (χ2v) is 10.7. The zero-order valence-corrected chi connectivity index (χ0v) is 22.2. The van der Waals surface area contributed by atoms with Crippen molar-refractivity contribution in [2.24, 2.45) is 0 Å². The molecule has 7 nitrogen and oxygen atoms in total. The standard InChI is InChI=1S/C25H32ClF2N3O4S/c1-4-14-29-25(33)23(5-2)30(17-18-8-10-19(26)11-9-18)24(32)7-6-15-31(36(3,34)35)20-12-13-21(27)22(28)16-20/h8-13,16,23H,4-7,14-15,17H2,1-3H3,(H,29,33)/t23-/m1/s1. The molecule has 0 unspecified atom stereocenters. The zero-order valence-electron chi connectivity index (χ0n) is 20.6. The van der Waals surface area contributed by atoms with E-state index in [1.165, 1.54) is 11.0 Å². The molecule has 36 heavy (non-hydrogen) atoms. The van der Waals surface area contributed by atoms with Gasteiger partial charge in [0.2, 0.25) is 21.8 Å².